The van der Waals surface area contributed by atoms with Gasteiger partial charge in [-0.15, -0.1) is 16.4 Å². The van der Waals surface area contributed by atoms with Crippen molar-refractivity contribution in [1.29, 1.82) is 5.26 Å². The number of nitrogens with zero attached hydrogens (tertiary/aromatic N) is 2. The van der Waals surface area contributed by atoms with E-state index in [0.717, 1.165) is 0 Å². The normalized spacial score (nSPS) is 15.8. The number of aromatic nitrogens is 1. The number of hydrogen-bond acceptors (Lipinski definition) is 2. The number of benzene rings is 3. The summed E-state index contributed by atoms with van der Waals surface area (Å²) in [6.45, 7) is 0. The van der Waals surface area contributed by atoms with Gasteiger partial charge >= 0.3 is 0 Å². The minimum atomic E-state index is -7.29. The van der Waals surface area contributed by atoms with E-state index >= 15 is 35.1 Å². The average Bonchev–Trinajstić information content (AvgIpc) is 3.12. The molecule has 0 aliphatic carbocycles. The standard InChI is InChI=1S/C23H2BF19N.C7H7N2/c25-2-1-3(26)23(43,44-22(2)42)24(4-7(27)13(33)19(39)14(34)8(4)28,5-9(29)15(35)20(40)16(36)10(5)30)6-11(31)17(37)21(41)18(38)12(6)32;1-9-5-3-2-4-7(9)6-8/h1,44H;2-5H,1H3/q-1;+1. The monoisotopic (exact) mass is 783 g/mol. The van der Waals surface area contributed by atoms with Crippen molar-refractivity contribution in [2.75, 3.05) is 0 Å². The Balaban J connectivity index is 0.000000608. The number of nitriles is 1. The number of rotatable bonds is 4. The van der Waals surface area contributed by atoms with Crippen molar-refractivity contribution in [1.82, 2.24) is 5.32 Å². The molecule has 0 bridgehead atoms. The molecule has 2 heterocycles. The second-order valence-electron chi connectivity index (χ2n) is 10.6. The van der Waals surface area contributed by atoms with Crippen molar-refractivity contribution in [2.45, 2.75) is 5.69 Å². The highest BCUT2D eigenvalue weighted by atomic mass is 19.2. The molecule has 0 spiro atoms. The number of aryl methyl sites for hydroxylation is 1. The van der Waals surface area contributed by atoms with Crippen LogP contribution in [0.25, 0.3) is 0 Å². The van der Waals surface area contributed by atoms with Gasteiger partial charge in [0.2, 0.25) is 5.95 Å². The molecule has 0 amide bonds. The van der Waals surface area contributed by atoms with Crippen LogP contribution in [-0.2, 0) is 7.05 Å². The lowest BCUT2D eigenvalue weighted by atomic mass is 9.10. The van der Waals surface area contributed by atoms with E-state index in [4.69, 9.17) is 5.26 Å². The van der Waals surface area contributed by atoms with Gasteiger partial charge in [-0.2, -0.15) is 14.2 Å². The van der Waals surface area contributed by atoms with Gasteiger partial charge in [-0.3, -0.25) is 4.39 Å². The molecular formula is C30H9BF19N3. The van der Waals surface area contributed by atoms with Crippen LogP contribution in [0.3, 0.4) is 0 Å². The Labute approximate surface area is 281 Å². The molecule has 0 saturated heterocycles. The van der Waals surface area contributed by atoms with Gasteiger partial charge in [-0.05, 0) is 6.07 Å². The van der Waals surface area contributed by atoms with E-state index in [-0.39, 0.29) is 5.32 Å². The Kier molecular flexibility index (Phi) is 10.6. The van der Waals surface area contributed by atoms with E-state index < -0.39 is 139 Å². The van der Waals surface area contributed by atoms with Crippen LogP contribution in [0, 0.1) is 98.6 Å². The lowest BCUT2D eigenvalue weighted by Crippen LogP contribution is -2.86. The van der Waals surface area contributed by atoms with Crippen LogP contribution in [0.2, 0.25) is 0 Å². The smallest absolute Gasteiger partial charge is 0.283 e. The third kappa shape index (κ3) is 5.79. The molecule has 1 atom stereocenters. The minimum Gasteiger partial charge on any atom is -0.352 e. The summed E-state index contributed by atoms with van der Waals surface area (Å²) in [4.78, 5) is 0. The molecule has 1 N–H and O–H groups in total. The highest BCUT2D eigenvalue weighted by molar-refractivity contribution is 7.14. The van der Waals surface area contributed by atoms with Crippen molar-refractivity contribution in [3.63, 3.8) is 0 Å². The summed E-state index contributed by atoms with van der Waals surface area (Å²) in [5.74, 6) is -62.1. The highest BCUT2D eigenvalue weighted by Crippen LogP contribution is 2.41. The summed E-state index contributed by atoms with van der Waals surface area (Å²) in [5, 5.41) is 8.64. The van der Waals surface area contributed by atoms with E-state index in [0.29, 0.717) is 5.69 Å². The number of alkyl halides is 1. The fourth-order valence-electron chi connectivity index (χ4n) is 5.55. The summed E-state index contributed by atoms with van der Waals surface area (Å²) >= 11 is 0. The lowest BCUT2D eigenvalue weighted by Gasteiger charge is -2.53. The zero-order valence-electron chi connectivity index (χ0n) is 25.0. The number of nitrogens with one attached hydrogen (secondary N) is 1. The number of pyridine rings is 1. The van der Waals surface area contributed by atoms with Crippen molar-refractivity contribution in [3.05, 3.63) is 141 Å². The zero-order chi connectivity index (χ0) is 40.2. The third-order valence-electron chi connectivity index (χ3n) is 7.90. The zero-order valence-corrected chi connectivity index (χ0v) is 25.0. The molecular weight excluding hydrogens is 774 g/mol. The van der Waals surface area contributed by atoms with Gasteiger partial charge in [0.25, 0.3) is 5.69 Å². The maximum Gasteiger partial charge on any atom is 0.283 e. The van der Waals surface area contributed by atoms with Gasteiger partial charge in [0.1, 0.15) is 53.5 Å². The first-order chi connectivity index (χ1) is 24.6. The second-order valence-corrected chi connectivity index (χ2v) is 10.6. The van der Waals surface area contributed by atoms with Crippen LogP contribution < -0.4 is 26.3 Å². The van der Waals surface area contributed by atoms with Gasteiger partial charge in [-0.1, -0.05) is 0 Å². The maximum atomic E-state index is 17.0. The summed E-state index contributed by atoms with van der Waals surface area (Å²) in [5.41, 5.74) is -16.0. The Morgan fingerprint density at radius 2 is 0.868 bits per heavy atom. The van der Waals surface area contributed by atoms with Crippen LogP contribution in [0.4, 0.5) is 83.4 Å². The van der Waals surface area contributed by atoms with Gasteiger partial charge in [0, 0.05) is 18.2 Å². The Bertz CT molecular complexity index is 2060. The molecule has 1 aliphatic heterocycles. The first-order valence-corrected chi connectivity index (χ1v) is 13.5. The molecule has 3 nitrogen and oxygen atoms in total. The maximum absolute atomic E-state index is 17.0. The molecule has 23 heteroatoms. The third-order valence-corrected chi connectivity index (χ3v) is 7.90. The van der Waals surface area contributed by atoms with Crippen LogP contribution >= 0.6 is 0 Å². The van der Waals surface area contributed by atoms with Crippen molar-refractivity contribution in [3.8, 4) is 6.07 Å². The fourth-order valence-corrected chi connectivity index (χ4v) is 5.55. The van der Waals surface area contributed by atoms with Gasteiger partial charge < -0.3 is 5.32 Å². The van der Waals surface area contributed by atoms with Gasteiger partial charge in [0.15, 0.2) is 76.6 Å². The van der Waals surface area contributed by atoms with E-state index in [1.165, 1.54) is 0 Å². The second kappa shape index (κ2) is 14.0. The minimum absolute atomic E-state index is 0.192. The van der Waals surface area contributed by atoms with Gasteiger partial charge in [-0.25, -0.2) is 74.6 Å². The van der Waals surface area contributed by atoms with E-state index in [9.17, 15) is 48.3 Å². The molecule has 280 valence electrons. The van der Waals surface area contributed by atoms with Crippen molar-refractivity contribution < 1.29 is 88.0 Å². The first kappa shape index (κ1) is 40.1. The van der Waals surface area contributed by atoms with Crippen LogP contribution in [-0.4, -0.2) is 11.8 Å². The SMILES string of the molecule is C[n+]1ccccc1C#N.FC1=CC(F)=C(F)NC1(F)[B-](c1c(F)c(F)c(F)c(F)c1F)(c1c(F)c(F)c(F)c(F)c1F)c1c(F)c(F)c(F)c(F)c1F. The predicted octanol–water partition coefficient (Wildman–Crippen LogP) is 6.40. The Hall–Kier alpha value is -5.69. The molecule has 5 rings (SSSR count). The van der Waals surface area contributed by atoms with Gasteiger partial charge in [0.05, 0.1) is 0 Å². The summed E-state index contributed by atoms with van der Waals surface area (Å²) in [6, 6.07) is 7.57. The van der Waals surface area contributed by atoms with Crippen molar-refractivity contribution in [2.24, 2.45) is 7.05 Å². The van der Waals surface area contributed by atoms with E-state index in [1.54, 1.807) is 10.6 Å². The largest absolute Gasteiger partial charge is 0.352 e. The van der Waals surface area contributed by atoms with Crippen LogP contribution in [0.5, 0.6) is 0 Å². The molecule has 1 aromatic heterocycles. The number of allylic oxidation sites excluding steroid dienone is 2. The molecule has 0 radical (unpaired) electrons. The average molecular weight is 783 g/mol. The number of halogens is 19. The van der Waals surface area contributed by atoms with E-state index in [1.807, 2.05) is 25.4 Å². The van der Waals surface area contributed by atoms with Crippen LogP contribution in [0.1, 0.15) is 5.69 Å². The highest BCUT2D eigenvalue weighted by Gasteiger charge is 2.63. The van der Waals surface area contributed by atoms with Crippen molar-refractivity contribution >= 4 is 22.5 Å². The summed E-state index contributed by atoms with van der Waals surface area (Å²) < 4.78 is 283. The molecule has 0 fully saturated rings. The fraction of sp³-hybridized carbons (Fsp3) is 0.0667. The molecule has 4 aromatic rings. The molecule has 0 saturated carbocycles. The number of dihydropyridines is 1. The summed E-state index contributed by atoms with van der Waals surface area (Å²) in [6.07, 6.45) is -6.57. The first-order valence-electron chi connectivity index (χ1n) is 13.5. The Morgan fingerprint density at radius 3 is 1.15 bits per heavy atom. The quantitative estimate of drug-likeness (QED) is 0.0651. The predicted molar refractivity (Wildman–Crippen MR) is 141 cm³/mol. The molecule has 53 heavy (non-hydrogen) atoms. The number of hydrogen-bond donors (Lipinski definition) is 1. The van der Waals surface area contributed by atoms with E-state index in [2.05, 4.69) is 6.07 Å². The molecule has 3 aromatic carbocycles. The molecule has 1 aliphatic rings. The molecule has 1 unspecified atom stereocenters. The van der Waals surface area contributed by atoms with Crippen LogP contribution in [0.15, 0.2) is 48.1 Å². The Morgan fingerprint density at radius 1 is 0.547 bits per heavy atom. The lowest BCUT2D eigenvalue weighted by molar-refractivity contribution is -0.674. The topological polar surface area (TPSA) is 39.7 Å². The summed E-state index contributed by atoms with van der Waals surface area (Å²) in [7, 11) is 1.85.